The standard InChI is InChI=1S/C15H14ClFN4O5S/c16-13-8-10(4-5-14(13)17)20-15(22)18-6-7-19-27(25,26)12-3-1-2-11(9-12)21(23)24/h1-5,8-9,19H,6-7H2,(H2,18,20,22). The van der Waals surface area contributed by atoms with E-state index in [2.05, 4.69) is 15.4 Å². The first-order valence-corrected chi connectivity index (χ1v) is 9.29. The van der Waals surface area contributed by atoms with Gasteiger partial charge in [0.1, 0.15) is 5.82 Å². The number of hydrogen-bond acceptors (Lipinski definition) is 5. The lowest BCUT2D eigenvalue weighted by Crippen LogP contribution is -2.36. The van der Waals surface area contributed by atoms with Gasteiger partial charge in [0.2, 0.25) is 10.0 Å². The van der Waals surface area contributed by atoms with Gasteiger partial charge in [0.05, 0.1) is 14.8 Å². The molecule has 0 aromatic heterocycles. The molecule has 0 radical (unpaired) electrons. The van der Waals surface area contributed by atoms with Crippen molar-refractivity contribution >= 4 is 39.0 Å². The molecule has 0 unspecified atom stereocenters. The van der Waals surface area contributed by atoms with Crippen molar-refractivity contribution in [2.75, 3.05) is 18.4 Å². The number of nitro groups is 1. The molecule has 0 atom stereocenters. The highest BCUT2D eigenvalue weighted by Gasteiger charge is 2.17. The van der Waals surface area contributed by atoms with Crippen LogP contribution in [0.25, 0.3) is 0 Å². The van der Waals surface area contributed by atoms with Crippen molar-refractivity contribution < 1.29 is 22.5 Å². The van der Waals surface area contributed by atoms with Crippen LogP contribution < -0.4 is 15.4 Å². The van der Waals surface area contributed by atoms with Crippen LogP contribution in [0.5, 0.6) is 0 Å². The second kappa shape index (κ2) is 8.75. The first kappa shape index (κ1) is 20.6. The second-order valence-corrected chi connectivity index (χ2v) is 7.34. The summed E-state index contributed by atoms with van der Waals surface area (Å²) in [7, 11) is -3.97. The minimum Gasteiger partial charge on any atom is -0.337 e. The zero-order valence-electron chi connectivity index (χ0n) is 13.6. The average Bonchev–Trinajstić information content (AvgIpc) is 2.62. The smallest absolute Gasteiger partial charge is 0.319 e. The lowest BCUT2D eigenvalue weighted by atomic mass is 10.3. The summed E-state index contributed by atoms with van der Waals surface area (Å²) in [6.07, 6.45) is 0. The van der Waals surface area contributed by atoms with Gasteiger partial charge in [-0.2, -0.15) is 0 Å². The molecule has 0 fully saturated rings. The number of carbonyl (C=O) groups is 1. The van der Waals surface area contributed by atoms with Gasteiger partial charge in [-0.05, 0) is 24.3 Å². The lowest BCUT2D eigenvalue weighted by Gasteiger charge is -2.09. The van der Waals surface area contributed by atoms with Crippen LogP contribution in [-0.4, -0.2) is 32.5 Å². The van der Waals surface area contributed by atoms with Crippen molar-refractivity contribution in [2.45, 2.75) is 4.90 Å². The number of halogens is 2. The Morgan fingerprint density at radius 2 is 1.93 bits per heavy atom. The molecule has 0 aliphatic heterocycles. The van der Waals surface area contributed by atoms with Crippen molar-refractivity contribution in [3.63, 3.8) is 0 Å². The number of sulfonamides is 1. The van der Waals surface area contributed by atoms with Crippen molar-refractivity contribution in [3.8, 4) is 0 Å². The van der Waals surface area contributed by atoms with Gasteiger partial charge in [0, 0.05) is 30.9 Å². The molecule has 2 aromatic rings. The van der Waals surface area contributed by atoms with Crippen molar-refractivity contribution in [2.24, 2.45) is 0 Å². The van der Waals surface area contributed by atoms with E-state index < -0.39 is 26.8 Å². The Bertz CT molecular complexity index is 970. The van der Waals surface area contributed by atoms with Crippen LogP contribution in [0.4, 0.5) is 20.6 Å². The first-order chi connectivity index (χ1) is 12.7. The molecule has 0 aliphatic rings. The third-order valence-corrected chi connectivity index (χ3v) is 4.97. The topological polar surface area (TPSA) is 130 Å². The van der Waals surface area contributed by atoms with Gasteiger partial charge in [-0.1, -0.05) is 17.7 Å². The number of carbonyl (C=O) groups excluding carboxylic acids is 1. The van der Waals surface area contributed by atoms with Crippen molar-refractivity contribution in [3.05, 3.63) is 63.4 Å². The molecule has 3 N–H and O–H groups in total. The minimum absolute atomic E-state index is 0.0606. The summed E-state index contributed by atoms with van der Waals surface area (Å²) in [5, 5.41) is 15.4. The van der Waals surface area contributed by atoms with E-state index in [-0.39, 0.29) is 34.4 Å². The van der Waals surface area contributed by atoms with Crippen molar-refractivity contribution in [1.29, 1.82) is 0 Å². The molecule has 0 spiro atoms. The van der Waals surface area contributed by atoms with Gasteiger partial charge < -0.3 is 10.6 Å². The zero-order valence-corrected chi connectivity index (χ0v) is 15.2. The number of rotatable bonds is 7. The van der Waals surface area contributed by atoms with Gasteiger partial charge in [-0.3, -0.25) is 10.1 Å². The maximum atomic E-state index is 13.0. The van der Waals surface area contributed by atoms with Crippen LogP contribution in [0.15, 0.2) is 47.4 Å². The number of anilines is 1. The number of non-ortho nitro benzene ring substituents is 1. The number of hydrogen-bond donors (Lipinski definition) is 3. The Morgan fingerprint density at radius 1 is 1.19 bits per heavy atom. The van der Waals surface area contributed by atoms with E-state index in [0.717, 1.165) is 12.1 Å². The predicted octanol–water partition coefficient (Wildman–Crippen LogP) is 2.49. The van der Waals surface area contributed by atoms with Crippen molar-refractivity contribution in [1.82, 2.24) is 10.0 Å². The Morgan fingerprint density at radius 3 is 2.59 bits per heavy atom. The molecule has 0 saturated heterocycles. The maximum absolute atomic E-state index is 13.0. The molecule has 0 saturated carbocycles. The van der Waals surface area contributed by atoms with Crippen LogP contribution in [0.3, 0.4) is 0 Å². The summed E-state index contributed by atoms with van der Waals surface area (Å²) in [6, 6.07) is 7.55. The fourth-order valence-corrected chi connectivity index (χ4v) is 3.21. The average molecular weight is 417 g/mol. The third-order valence-electron chi connectivity index (χ3n) is 3.22. The van der Waals surface area contributed by atoms with E-state index in [0.29, 0.717) is 0 Å². The number of nitro benzene ring substituents is 1. The van der Waals surface area contributed by atoms with Gasteiger partial charge >= 0.3 is 6.03 Å². The van der Waals surface area contributed by atoms with E-state index in [4.69, 9.17) is 11.6 Å². The predicted molar refractivity (Wildman–Crippen MR) is 96.7 cm³/mol. The highest BCUT2D eigenvalue weighted by molar-refractivity contribution is 7.89. The summed E-state index contributed by atoms with van der Waals surface area (Å²) < 4.78 is 39.5. The Balaban J connectivity index is 1.84. The van der Waals surface area contributed by atoms with Gasteiger partial charge in [0.25, 0.3) is 5.69 Å². The molecular formula is C15H14ClFN4O5S. The van der Waals surface area contributed by atoms with Gasteiger partial charge in [-0.25, -0.2) is 22.3 Å². The molecule has 2 rings (SSSR count). The molecule has 2 aromatic carbocycles. The molecule has 27 heavy (non-hydrogen) atoms. The summed E-state index contributed by atoms with van der Waals surface area (Å²) in [4.78, 5) is 21.5. The summed E-state index contributed by atoms with van der Waals surface area (Å²) >= 11 is 5.60. The number of urea groups is 1. The first-order valence-electron chi connectivity index (χ1n) is 7.43. The molecule has 9 nitrogen and oxygen atoms in total. The molecule has 144 valence electrons. The lowest BCUT2D eigenvalue weighted by molar-refractivity contribution is -0.385. The van der Waals surface area contributed by atoms with Gasteiger partial charge in [0.15, 0.2) is 0 Å². The Labute approximate surface area is 158 Å². The number of amides is 2. The maximum Gasteiger partial charge on any atom is 0.319 e. The fourth-order valence-electron chi connectivity index (χ4n) is 1.96. The highest BCUT2D eigenvalue weighted by Crippen LogP contribution is 2.19. The van der Waals surface area contributed by atoms with Crippen LogP contribution in [0.2, 0.25) is 5.02 Å². The molecule has 0 heterocycles. The summed E-state index contributed by atoms with van der Waals surface area (Å²) in [6.45, 7) is -0.211. The zero-order chi connectivity index (χ0) is 20.0. The highest BCUT2D eigenvalue weighted by atomic mass is 35.5. The largest absolute Gasteiger partial charge is 0.337 e. The Kier molecular flexibility index (Phi) is 6.66. The Hall–Kier alpha value is -2.76. The van der Waals surface area contributed by atoms with E-state index >= 15 is 0 Å². The summed E-state index contributed by atoms with van der Waals surface area (Å²) in [5.41, 5.74) is -0.0931. The molecule has 0 aliphatic carbocycles. The molecule has 2 amide bonds. The SMILES string of the molecule is O=C(NCCNS(=O)(=O)c1cccc([N+](=O)[O-])c1)Nc1ccc(F)c(Cl)c1. The van der Waals surface area contributed by atoms with E-state index in [1.807, 2.05) is 0 Å². The van der Waals surface area contributed by atoms with E-state index in [1.54, 1.807) is 0 Å². The van der Waals surface area contributed by atoms with Crippen LogP contribution >= 0.6 is 11.6 Å². The minimum atomic E-state index is -3.97. The number of nitrogens with zero attached hydrogens (tertiary/aromatic N) is 1. The van der Waals surface area contributed by atoms with Gasteiger partial charge in [-0.15, -0.1) is 0 Å². The quantitative estimate of drug-likeness (QED) is 0.362. The number of nitrogens with one attached hydrogen (secondary N) is 3. The molecular weight excluding hydrogens is 403 g/mol. The monoisotopic (exact) mass is 416 g/mol. The fraction of sp³-hybridized carbons (Fsp3) is 0.133. The van der Waals surface area contributed by atoms with Crippen LogP contribution in [0, 0.1) is 15.9 Å². The van der Waals surface area contributed by atoms with E-state index in [9.17, 15) is 27.7 Å². The third kappa shape index (κ3) is 5.88. The summed E-state index contributed by atoms with van der Waals surface area (Å²) in [5.74, 6) is -0.627. The van der Waals surface area contributed by atoms with E-state index in [1.165, 1.54) is 30.3 Å². The molecule has 12 heteroatoms. The molecule has 0 bridgehead atoms. The normalized spacial score (nSPS) is 11.0. The van der Waals surface area contributed by atoms with Crippen LogP contribution in [-0.2, 0) is 10.0 Å². The number of benzene rings is 2. The van der Waals surface area contributed by atoms with Crippen LogP contribution in [0.1, 0.15) is 0 Å². The second-order valence-electron chi connectivity index (χ2n) is 5.16.